The number of hydrogen-bond donors (Lipinski definition) is 1. The average molecular weight is 462 g/mol. The van der Waals surface area contributed by atoms with Crippen LogP contribution in [-0.4, -0.2) is 31.3 Å². The van der Waals surface area contributed by atoms with Crippen molar-refractivity contribution in [1.29, 1.82) is 0 Å². The molecular formula is C23H19N5O4S. The summed E-state index contributed by atoms with van der Waals surface area (Å²) in [7, 11) is 0. The van der Waals surface area contributed by atoms with Crippen LogP contribution in [0.2, 0.25) is 0 Å². The first-order valence-electron chi connectivity index (χ1n) is 9.95. The number of nitrogens with one attached hydrogen (secondary N) is 1. The van der Waals surface area contributed by atoms with Crippen LogP contribution in [0, 0.1) is 10.1 Å². The number of carbonyl (C=O) groups excluding carboxylic acids is 1. The molecule has 0 aliphatic carbocycles. The van der Waals surface area contributed by atoms with Gasteiger partial charge in [0, 0.05) is 23.5 Å². The van der Waals surface area contributed by atoms with Crippen molar-refractivity contribution in [1.82, 2.24) is 14.8 Å². The minimum atomic E-state index is -0.489. The maximum Gasteiger partial charge on any atom is 0.269 e. The smallest absolute Gasteiger partial charge is 0.269 e. The van der Waals surface area contributed by atoms with Gasteiger partial charge < -0.3 is 10.1 Å². The fourth-order valence-corrected chi connectivity index (χ4v) is 3.75. The number of amides is 1. The number of carbonyl (C=O) groups is 1. The molecule has 0 atom stereocenters. The van der Waals surface area contributed by atoms with Crippen molar-refractivity contribution >= 4 is 29.0 Å². The highest BCUT2D eigenvalue weighted by Crippen LogP contribution is 2.24. The van der Waals surface area contributed by atoms with Gasteiger partial charge in [0.05, 0.1) is 10.7 Å². The molecule has 1 N–H and O–H groups in total. The molecular weight excluding hydrogens is 442 g/mol. The molecule has 0 radical (unpaired) electrons. The Morgan fingerprint density at radius 2 is 1.64 bits per heavy atom. The van der Waals surface area contributed by atoms with Gasteiger partial charge in [-0.2, -0.15) is 0 Å². The van der Waals surface area contributed by atoms with Crippen LogP contribution >= 0.6 is 11.8 Å². The lowest BCUT2D eigenvalue weighted by Crippen LogP contribution is -2.14. The summed E-state index contributed by atoms with van der Waals surface area (Å²) in [6.45, 7) is 0.210. The van der Waals surface area contributed by atoms with E-state index in [1.54, 1.807) is 0 Å². The zero-order chi connectivity index (χ0) is 23.0. The fourth-order valence-electron chi connectivity index (χ4n) is 2.98. The predicted molar refractivity (Wildman–Crippen MR) is 125 cm³/mol. The average Bonchev–Trinajstić information content (AvgIpc) is 3.26. The van der Waals surface area contributed by atoms with Crippen LogP contribution in [0.15, 0.2) is 90.1 Å². The van der Waals surface area contributed by atoms with Gasteiger partial charge in [-0.3, -0.25) is 19.5 Å². The Bertz CT molecular complexity index is 1230. The van der Waals surface area contributed by atoms with Gasteiger partial charge in [0.1, 0.15) is 12.4 Å². The molecule has 9 nitrogen and oxygen atoms in total. The van der Waals surface area contributed by atoms with Crippen LogP contribution in [0.25, 0.3) is 5.69 Å². The van der Waals surface area contributed by atoms with Crippen LogP contribution < -0.4 is 10.1 Å². The molecule has 0 saturated carbocycles. The van der Waals surface area contributed by atoms with E-state index in [1.807, 2.05) is 65.2 Å². The van der Waals surface area contributed by atoms with Gasteiger partial charge in [-0.05, 0) is 36.4 Å². The molecule has 1 amide bonds. The van der Waals surface area contributed by atoms with Gasteiger partial charge in [0.25, 0.3) is 5.69 Å². The lowest BCUT2D eigenvalue weighted by atomic mass is 10.3. The van der Waals surface area contributed by atoms with Crippen molar-refractivity contribution in [3.8, 4) is 11.4 Å². The van der Waals surface area contributed by atoms with E-state index in [0.717, 1.165) is 11.4 Å². The first-order valence-corrected chi connectivity index (χ1v) is 10.9. The quantitative estimate of drug-likeness (QED) is 0.222. The summed E-state index contributed by atoms with van der Waals surface area (Å²) < 4.78 is 7.69. The molecule has 1 aromatic heterocycles. The number of anilines is 1. The van der Waals surface area contributed by atoms with E-state index in [2.05, 4.69) is 15.5 Å². The number of nitrogens with zero attached hydrogens (tertiary/aromatic N) is 4. The van der Waals surface area contributed by atoms with Gasteiger partial charge >= 0.3 is 0 Å². The molecule has 0 fully saturated rings. The number of rotatable bonds is 9. The topological polar surface area (TPSA) is 112 Å². The van der Waals surface area contributed by atoms with E-state index < -0.39 is 4.92 Å². The molecule has 33 heavy (non-hydrogen) atoms. The minimum Gasteiger partial charge on any atom is -0.486 e. The summed E-state index contributed by atoms with van der Waals surface area (Å²) in [5.74, 6) is 1.14. The molecule has 10 heteroatoms. The largest absolute Gasteiger partial charge is 0.486 e. The highest BCUT2D eigenvalue weighted by Gasteiger charge is 2.17. The number of nitro groups is 1. The summed E-state index contributed by atoms with van der Waals surface area (Å²) in [4.78, 5) is 22.7. The van der Waals surface area contributed by atoms with Crippen molar-refractivity contribution in [3.05, 3.63) is 101 Å². The Hall–Kier alpha value is -4.18. The second-order valence-electron chi connectivity index (χ2n) is 6.81. The Morgan fingerprint density at radius 1 is 0.970 bits per heavy atom. The first kappa shape index (κ1) is 22.0. The Labute approximate surface area is 193 Å². The van der Waals surface area contributed by atoms with Crippen molar-refractivity contribution in [2.45, 2.75) is 11.8 Å². The van der Waals surface area contributed by atoms with Crippen molar-refractivity contribution in [3.63, 3.8) is 0 Å². The third-order valence-electron chi connectivity index (χ3n) is 4.52. The molecule has 0 aliphatic rings. The highest BCUT2D eigenvalue weighted by atomic mass is 32.2. The maximum absolute atomic E-state index is 12.4. The SMILES string of the molecule is O=C(CSc1nnc(COc2ccccc2)n1-c1ccccc1)Nc1ccc([N+](=O)[O-])cc1. The molecule has 4 rings (SSSR count). The van der Waals surface area contributed by atoms with E-state index in [0.29, 0.717) is 16.7 Å². The van der Waals surface area contributed by atoms with Crippen molar-refractivity contribution in [2.75, 3.05) is 11.1 Å². The minimum absolute atomic E-state index is 0.0383. The summed E-state index contributed by atoms with van der Waals surface area (Å²) in [5, 5.41) is 22.6. The summed E-state index contributed by atoms with van der Waals surface area (Å²) in [5.41, 5.74) is 1.30. The number of ether oxygens (including phenoxy) is 1. The lowest BCUT2D eigenvalue weighted by molar-refractivity contribution is -0.384. The van der Waals surface area contributed by atoms with Crippen LogP contribution in [0.4, 0.5) is 11.4 Å². The molecule has 166 valence electrons. The number of thioether (sulfide) groups is 1. The van der Waals surface area contributed by atoms with Gasteiger partial charge in [0.2, 0.25) is 5.91 Å². The van der Waals surface area contributed by atoms with E-state index >= 15 is 0 Å². The zero-order valence-electron chi connectivity index (χ0n) is 17.3. The maximum atomic E-state index is 12.4. The molecule has 3 aromatic carbocycles. The Kier molecular flexibility index (Phi) is 6.96. The van der Waals surface area contributed by atoms with Gasteiger partial charge in [-0.15, -0.1) is 10.2 Å². The summed E-state index contributed by atoms with van der Waals surface area (Å²) in [6.07, 6.45) is 0. The number of non-ortho nitro benzene ring substituents is 1. The van der Waals surface area contributed by atoms with E-state index in [1.165, 1.54) is 36.0 Å². The van der Waals surface area contributed by atoms with Crippen LogP contribution in [-0.2, 0) is 11.4 Å². The second-order valence-corrected chi connectivity index (χ2v) is 7.75. The lowest BCUT2D eigenvalue weighted by Gasteiger charge is -2.11. The summed E-state index contributed by atoms with van der Waals surface area (Å²) >= 11 is 1.23. The molecule has 4 aromatic rings. The van der Waals surface area contributed by atoms with E-state index in [9.17, 15) is 14.9 Å². The first-order chi connectivity index (χ1) is 16.1. The number of aromatic nitrogens is 3. The molecule has 0 aliphatic heterocycles. The van der Waals surface area contributed by atoms with Crippen LogP contribution in [0.5, 0.6) is 5.75 Å². The Morgan fingerprint density at radius 3 is 2.30 bits per heavy atom. The number of nitro benzene ring substituents is 1. The molecule has 1 heterocycles. The number of benzene rings is 3. The standard InChI is InChI=1S/C23H19N5O4S/c29-22(24-17-11-13-19(14-12-17)28(30)31)16-33-23-26-25-21(15-32-20-9-5-2-6-10-20)27(23)18-7-3-1-4-8-18/h1-14H,15-16H2,(H,24,29). The van der Waals surface area contributed by atoms with Gasteiger partial charge in [0.15, 0.2) is 11.0 Å². The third kappa shape index (κ3) is 5.74. The van der Waals surface area contributed by atoms with Crippen molar-refractivity contribution < 1.29 is 14.5 Å². The highest BCUT2D eigenvalue weighted by molar-refractivity contribution is 7.99. The third-order valence-corrected chi connectivity index (χ3v) is 5.45. The summed E-state index contributed by atoms with van der Waals surface area (Å²) in [6, 6.07) is 24.7. The van der Waals surface area contributed by atoms with Gasteiger partial charge in [-0.25, -0.2) is 0 Å². The fraction of sp³-hybridized carbons (Fsp3) is 0.0870. The predicted octanol–water partition coefficient (Wildman–Crippen LogP) is 4.49. The Balaban J connectivity index is 1.45. The van der Waals surface area contributed by atoms with Crippen LogP contribution in [0.1, 0.15) is 5.82 Å². The normalized spacial score (nSPS) is 10.5. The molecule has 0 unspecified atom stereocenters. The molecule has 0 saturated heterocycles. The number of para-hydroxylation sites is 2. The monoisotopic (exact) mass is 461 g/mol. The van der Waals surface area contributed by atoms with E-state index in [-0.39, 0.29) is 24.0 Å². The second kappa shape index (κ2) is 10.4. The molecule has 0 spiro atoms. The number of hydrogen-bond acceptors (Lipinski definition) is 7. The van der Waals surface area contributed by atoms with E-state index in [4.69, 9.17) is 4.74 Å². The molecule has 0 bridgehead atoms. The zero-order valence-corrected chi connectivity index (χ0v) is 18.1. The van der Waals surface area contributed by atoms with Gasteiger partial charge in [-0.1, -0.05) is 48.2 Å². The van der Waals surface area contributed by atoms with Crippen molar-refractivity contribution in [2.24, 2.45) is 0 Å². The van der Waals surface area contributed by atoms with Crippen LogP contribution in [0.3, 0.4) is 0 Å².